The molecule has 132 valence electrons. The van der Waals surface area contributed by atoms with Crippen LogP contribution in [0.25, 0.3) is 5.57 Å². The Kier molecular flexibility index (Phi) is 5.20. The molecule has 3 N–H and O–H groups in total. The fourth-order valence-corrected chi connectivity index (χ4v) is 2.38. The summed E-state index contributed by atoms with van der Waals surface area (Å²) in [5.41, 5.74) is 2.89. The van der Waals surface area contributed by atoms with Gasteiger partial charge >= 0.3 is 0 Å². The first-order valence-electron chi connectivity index (χ1n) is 8.32. The van der Waals surface area contributed by atoms with Crippen LogP contribution in [0.15, 0.2) is 30.0 Å². The molecule has 2 aromatic heterocycles. The summed E-state index contributed by atoms with van der Waals surface area (Å²) in [7, 11) is 0. The highest BCUT2D eigenvalue weighted by atomic mass is 35.5. The Labute approximate surface area is 152 Å². The normalized spacial score (nSPS) is 16.8. The largest absolute Gasteiger partial charge is 0.389 e. The number of allylic oxidation sites excluding steroid dienone is 3. The molecular weight excluding hydrogens is 338 g/mol. The third-order valence-electron chi connectivity index (χ3n) is 4.21. The van der Waals surface area contributed by atoms with E-state index in [1.807, 2.05) is 32.1 Å². The molecule has 1 atom stereocenters. The summed E-state index contributed by atoms with van der Waals surface area (Å²) < 4.78 is 0. The highest BCUT2D eigenvalue weighted by Gasteiger charge is 2.25. The molecule has 0 unspecified atom stereocenters. The van der Waals surface area contributed by atoms with Gasteiger partial charge in [0.25, 0.3) is 0 Å². The van der Waals surface area contributed by atoms with E-state index >= 15 is 0 Å². The van der Waals surface area contributed by atoms with Crippen LogP contribution in [0.2, 0.25) is 5.02 Å². The molecule has 1 fully saturated rings. The minimum atomic E-state index is -0.479. The van der Waals surface area contributed by atoms with Crippen LogP contribution in [0.3, 0.4) is 0 Å². The standard InChI is InChI=1S/C18H22ClN5O/c1-10(12(3)25)4-5-11(2)17-20-9-14(19)18(22-17)21-16-8-15(23-24-16)13-6-7-13/h4-5,8-9,12-13,25H,6-7H2,1-3H3,(H2,20,21,22,23,24)/b10-4+,11-5?/t12-/m1/s1. The molecule has 25 heavy (non-hydrogen) atoms. The second-order valence-corrected chi connectivity index (χ2v) is 6.84. The maximum Gasteiger partial charge on any atom is 0.157 e. The Morgan fingerprint density at radius 1 is 1.40 bits per heavy atom. The van der Waals surface area contributed by atoms with Gasteiger partial charge in [-0.2, -0.15) is 5.10 Å². The van der Waals surface area contributed by atoms with Crippen LogP contribution in [0, 0.1) is 0 Å². The lowest BCUT2D eigenvalue weighted by atomic mass is 10.1. The molecule has 1 aliphatic carbocycles. The molecule has 0 amide bonds. The fourth-order valence-electron chi connectivity index (χ4n) is 2.24. The molecule has 0 spiro atoms. The van der Waals surface area contributed by atoms with Gasteiger partial charge in [0, 0.05) is 17.7 Å². The Hall–Kier alpha value is -2.18. The van der Waals surface area contributed by atoms with E-state index in [1.165, 1.54) is 12.8 Å². The van der Waals surface area contributed by atoms with E-state index in [4.69, 9.17) is 11.6 Å². The first-order valence-corrected chi connectivity index (χ1v) is 8.70. The highest BCUT2D eigenvalue weighted by molar-refractivity contribution is 6.32. The number of hydrogen-bond donors (Lipinski definition) is 3. The van der Waals surface area contributed by atoms with E-state index in [1.54, 1.807) is 13.1 Å². The molecule has 0 aliphatic heterocycles. The molecule has 1 saturated carbocycles. The third-order valence-corrected chi connectivity index (χ3v) is 4.49. The van der Waals surface area contributed by atoms with E-state index in [-0.39, 0.29) is 0 Å². The lowest BCUT2D eigenvalue weighted by Gasteiger charge is -2.07. The van der Waals surface area contributed by atoms with Crippen LogP contribution in [-0.2, 0) is 0 Å². The number of halogens is 1. The second-order valence-electron chi connectivity index (χ2n) is 6.43. The summed E-state index contributed by atoms with van der Waals surface area (Å²) in [4.78, 5) is 8.77. The highest BCUT2D eigenvalue weighted by Crippen LogP contribution is 2.39. The number of hydrogen-bond acceptors (Lipinski definition) is 5. The van der Waals surface area contributed by atoms with E-state index in [0.717, 1.165) is 16.8 Å². The minimum Gasteiger partial charge on any atom is -0.389 e. The molecule has 1 aliphatic rings. The molecule has 2 aromatic rings. The van der Waals surface area contributed by atoms with Crippen molar-refractivity contribution in [3.8, 4) is 0 Å². The van der Waals surface area contributed by atoms with E-state index in [2.05, 4.69) is 25.5 Å². The van der Waals surface area contributed by atoms with Crippen molar-refractivity contribution in [3.05, 3.63) is 46.5 Å². The Bertz CT molecular complexity index is 821. The van der Waals surface area contributed by atoms with Crippen molar-refractivity contribution >= 4 is 28.8 Å². The van der Waals surface area contributed by atoms with E-state index in [9.17, 15) is 5.11 Å². The van der Waals surface area contributed by atoms with Crippen molar-refractivity contribution in [2.24, 2.45) is 0 Å². The molecular formula is C18H22ClN5O. The maximum absolute atomic E-state index is 9.53. The predicted octanol–water partition coefficient (Wildman–Crippen LogP) is 4.20. The number of aliphatic hydroxyl groups excluding tert-OH is 1. The van der Waals surface area contributed by atoms with Crippen molar-refractivity contribution in [1.82, 2.24) is 20.2 Å². The van der Waals surface area contributed by atoms with Crippen LogP contribution in [-0.4, -0.2) is 31.4 Å². The van der Waals surface area contributed by atoms with Crippen LogP contribution >= 0.6 is 11.6 Å². The summed E-state index contributed by atoms with van der Waals surface area (Å²) >= 11 is 6.21. The van der Waals surface area contributed by atoms with Crippen LogP contribution < -0.4 is 5.32 Å². The average molecular weight is 360 g/mol. The van der Waals surface area contributed by atoms with Gasteiger partial charge in [0.1, 0.15) is 5.02 Å². The first-order chi connectivity index (χ1) is 11.9. The third kappa shape index (κ3) is 4.46. The molecule has 6 nitrogen and oxygen atoms in total. The number of nitrogens with zero attached hydrogens (tertiary/aromatic N) is 3. The quantitative estimate of drug-likeness (QED) is 0.673. The molecule has 0 bridgehead atoms. The van der Waals surface area contributed by atoms with Gasteiger partial charge in [0.15, 0.2) is 17.5 Å². The van der Waals surface area contributed by atoms with Crippen LogP contribution in [0.4, 0.5) is 11.6 Å². The molecule has 0 saturated heterocycles. The second kappa shape index (κ2) is 7.37. The number of aromatic nitrogens is 4. The van der Waals surface area contributed by atoms with Crippen molar-refractivity contribution in [1.29, 1.82) is 0 Å². The monoisotopic (exact) mass is 359 g/mol. The Balaban J connectivity index is 1.79. The number of H-pyrrole nitrogens is 1. The first kappa shape index (κ1) is 17.6. The van der Waals surface area contributed by atoms with Gasteiger partial charge in [-0.3, -0.25) is 5.10 Å². The van der Waals surface area contributed by atoms with Gasteiger partial charge in [-0.25, -0.2) is 9.97 Å². The number of nitrogens with one attached hydrogen (secondary N) is 2. The lowest BCUT2D eigenvalue weighted by molar-refractivity contribution is 0.231. The average Bonchev–Trinajstić information content (AvgIpc) is 3.34. The van der Waals surface area contributed by atoms with Gasteiger partial charge in [0.05, 0.1) is 12.3 Å². The van der Waals surface area contributed by atoms with Crippen molar-refractivity contribution < 1.29 is 5.11 Å². The summed E-state index contributed by atoms with van der Waals surface area (Å²) in [5.74, 6) is 2.39. The summed E-state index contributed by atoms with van der Waals surface area (Å²) in [6.45, 7) is 5.52. The Morgan fingerprint density at radius 2 is 2.16 bits per heavy atom. The van der Waals surface area contributed by atoms with Gasteiger partial charge in [0.2, 0.25) is 0 Å². The zero-order valence-corrected chi connectivity index (χ0v) is 15.3. The number of anilines is 2. The molecule has 3 rings (SSSR count). The SMILES string of the molecule is CC(=C/C=C(\C)[C@@H](C)O)c1ncc(Cl)c(Nc2cc(C3CC3)[nH]n2)n1. The molecule has 0 radical (unpaired) electrons. The maximum atomic E-state index is 9.53. The minimum absolute atomic E-state index is 0.434. The van der Waals surface area contributed by atoms with Gasteiger partial charge in [-0.15, -0.1) is 0 Å². The molecule has 2 heterocycles. The van der Waals surface area contributed by atoms with Crippen molar-refractivity contribution in [2.75, 3.05) is 5.32 Å². The molecule has 7 heteroatoms. The summed E-state index contributed by atoms with van der Waals surface area (Å²) in [6.07, 6.45) is 7.26. The van der Waals surface area contributed by atoms with Crippen molar-refractivity contribution in [3.63, 3.8) is 0 Å². The number of aromatic amines is 1. The predicted molar refractivity (Wildman–Crippen MR) is 100.0 cm³/mol. The zero-order chi connectivity index (χ0) is 18.0. The summed E-state index contributed by atoms with van der Waals surface area (Å²) in [5, 5.41) is 20.4. The molecule has 0 aromatic carbocycles. The smallest absolute Gasteiger partial charge is 0.157 e. The van der Waals surface area contributed by atoms with Crippen LogP contribution in [0.5, 0.6) is 0 Å². The fraction of sp³-hybridized carbons (Fsp3) is 0.389. The van der Waals surface area contributed by atoms with Crippen molar-refractivity contribution in [2.45, 2.75) is 45.6 Å². The lowest BCUT2D eigenvalue weighted by Crippen LogP contribution is -2.01. The van der Waals surface area contributed by atoms with Crippen LogP contribution in [0.1, 0.15) is 51.0 Å². The number of aliphatic hydroxyl groups is 1. The summed E-state index contributed by atoms with van der Waals surface area (Å²) in [6, 6.07) is 1.99. The van der Waals surface area contributed by atoms with Gasteiger partial charge in [-0.1, -0.05) is 23.8 Å². The number of rotatable bonds is 6. The van der Waals surface area contributed by atoms with E-state index in [0.29, 0.717) is 28.4 Å². The Morgan fingerprint density at radius 3 is 2.84 bits per heavy atom. The topological polar surface area (TPSA) is 86.7 Å². The van der Waals surface area contributed by atoms with Gasteiger partial charge in [-0.05, 0) is 44.8 Å². The van der Waals surface area contributed by atoms with Gasteiger partial charge < -0.3 is 10.4 Å². The van der Waals surface area contributed by atoms with E-state index < -0.39 is 6.10 Å². The zero-order valence-electron chi connectivity index (χ0n) is 14.5.